The van der Waals surface area contributed by atoms with Crippen molar-refractivity contribution in [2.24, 2.45) is 0 Å². The van der Waals surface area contributed by atoms with Gasteiger partial charge < -0.3 is 5.11 Å². The maximum Gasteiger partial charge on any atom is 0.335 e. The van der Waals surface area contributed by atoms with Crippen molar-refractivity contribution in [1.82, 2.24) is 5.32 Å². The van der Waals surface area contributed by atoms with Crippen molar-refractivity contribution in [2.75, 3.05) is 4.90 Å². The van der Waals surface area contributed by atoms with E-state index >= 15 is 0 Å². The van der Waals surface area contributed by atoms with Crippen molar-refractivity contribution in [3.05, 3.63) is 64.1 Å². The summed E-state index contributed by atoms with van der Waals surface area (Å²) in [6.45, 7) is 0. The number of rotatable bonds is 2. The third-order valence-corrected chi connectivity index (χ3v) is 3.92. The molecule has 1 aliphatic heterocycles. The summed E-state index contributed by atoms with van der Waals surface area (Å²) in [6, 6.07) is 11.8. The third kappa shape index (κ3) is 3.07. The average Bonchev–Trinajstić information content (AvgIpc) is 2.55. The van der Waals surface area contributed by atoms with Gasteiger partial charge in [-0.2, -0.15) is 0 Å². The molecule has 0 radical (unpaired) electrons. The number of anilines is 1. The molecule has 1 saturated heterocycles. The van der Waals surface area contributed by atoms with Crippen LogP contribution < -0.4 is 10.2 Å². The predicted molar refractivity (Wildman–Crippen MR) is 91.3 cm³/mol. The summed E-state index contributed by atoms with van der Waals surface area (Å²) in [5.74, 6) is -1.39. The van der Waals surface area contributed by atoms with E-state index in [2.05, 4.69) is 21.2 Å². The SMILES string of the molecule is O=C1NC(=O)N(c2ccc(Br)cc2)C(=O)C1=Cc1ccc(O)cc1. The van der Waals surface area contributed by atoms with E-state index < -0.39 is 17.8 Å². The highest BCUT2D eigenvalue weighted by Gasteiger charge is 2.36. The molecule has 0 bridgehead atoms. The van der Waals surface area contributed by atoms with Gasteiger partial charge in [0.1, 0.15) is 11.3 Å². The number of urea groups is 1. The first kappa shape index (κ1) is 15.9. The number of hydrogen-bond donors (Lipinski definition) is 2. The molecule has 2 aromatic rings. The largest absolute Gasteiger partial charge is 0.508 e. The van der Waals surface area contributed by atoms with Gasteiger partial charge in [0.25, 0.3) is 11.8 Å². The fourth-order valence-corrected chi connectivity index (χ4v) is 2.48. The summed E-state index contributed by atoms with van der Waals surface area (Å²) < 4.78 is 0.798. The van der Waals surface area contributed by atoms with Crippen LogP contribution in [0.2, 0.25) is 0 Å². The van der Waals surface area contributed by atoms with Crippen LogP contribution >= 0.6 is 15.9 Å². The zero-order chi connectivity index (χ0) is 17.3. The number of phenols is 1. The number of carbonyl (C=O) groups is 3. The van der Waals surface area contributed by atoms with Crippen LogP contribution in [0.4, 0.5) is 10.5 Å². The molecule has 1 aliphatic rings. The highest BCUT2D eigenvalue weighted by molar-refractivity contribution is 9.10. The second kappa shape index (κ2) is 6.29. The van der Waals surface area contributed by atoms with E-state index in [-0.39, 0.29) is 11.3 Å². The number of nitrogens with zero attached hydrogens (tertiary/aromatic N) is 1. The minimum atomic E-state index is -0.796. The molecule has 0 spiro atoms. The Labute approximate surface area is 145 Å². The summed E-state index contributed by atoms with van der Waals surface area (Å²) in [5, 5.41) is 11.4. The number of nitrogens with one attached hydrogen (secondary N) is 1. The minimum Gasteiger partial charge on any atom is -0.508 e. The number of halogens is 1. The molecule has 6 nitrogen and oxygen atoms in total. The monoisotopic (exact) mass is 386 g/mol. The second-order valence-corrected chi connectivity index (χ2v) is 5.94. The van der Waals surface area contributed by atoms with Gasteiger partial charge in [0, 0.05) is 4.47 Å². The molecule has 24 heavy (non-hydrogen) atoms. The van der Waals surface area contributed by atoms with Crippen molar-refractivity contribution in [3.63, 3.8) is 0 Å². The summed E-state index contributed by atoms with van der Waals surface area (Å²) in [7, 11) is 0. The van der Waals surface area contributed by atoms with Gasteiger partial charge in [-0.3, -0.25) is 14.9 Å². The number of phenolic OH excluding ortho intramolecular Hbond substituents is 1. The van der Waals surface area contributed by atoms with Crippen molar-refractivity contribution in [1.29, 1.82) is 0 Å². The zero-order valence-corrected chi connectivity index (χ0v) is 13.8. The van der Waals surface area contributed by atoms with Crippen LogP contribution in [0.3, 0.4) is 0 Å². The molecule has 120 valence electrons. The van der Waals surface area contributed by atoms with Gasteiger partial charge >= 0.3 is 6.03 Å². The van der Waals surface area contributed by atoms with Gasteiger partial charge in [0.15, 0.2) is 0 Å². The van der Waals surface area contributed by atoms with E-state index in [4.69, 9.17) is 0 Å². The summed E-state index contributed by atoms with van der Waals surface area (Å²) in [5.41, 5.74) is 0.740. The maximum absolute atomic E-state index is 12.6. The van der Waals surface area contributed by atoms with E-state index in [1.807, 2.05) is 0 Å². The molecule has 1 fully saturated rings. The predicted octanol–water partition coefficient (Wildman–Crippen LogP) is 2.82. The van der Waals surface area contributed by atoms with Crippen molar-refractivity contribution < 1.29 is 19.5 Å². The van der Waals surface area contributed by atoms with Gasteiger partial charge in [-0.25, -0.2) is 9.69 Å². The van der Waals surface area contributed by atoms with E-state index in [1.165, 1.54) is 18.2 Å². The molecule has 2 aromatic carbocycles. The lowest BCUT2D eigenvalue weighted by Gasteiger charge is -2.26. The quantitative estimate of drug-likeness (QED) is 0.613. The summed E-state index contributed by atoms with van der Waals surface area (Å²) in [6.07, 6.45) is 1.37. The normalized spacial score (nSPS) is 16.5. The first-order valence-electron chi connectivity index (χ1n) is 6.92. The topological polar surface area (TPSA) is 86.7 Å². The lowest BCUT2D eigenvalue weighted by atomic mass is 10.1. The van der Waals surface area contributed by atoms with Crippen LogP contribution in [0.1, 0.15) is 5.56 Å². The molecule has 0 aliphatic carbocycles. The molecule has 1 heterocycles. The molecule has 0 aromatic heterocycles. The number of amides is 4. The Bertz CT molecular complexity index is 857. The summed E-state index contributed by atoms with van der Waals surface area (Å²) >= 11 is 3.28. The highest BCUT2D eigenvalue weighted by Crippen LogP contribution is 2.24. The molecule has 2 N–H and O–H groups in total. The average molecular weight is 387 g/mol. The third-order valence-electron chi connectivity index (χ3n) is 3.39. The van der Waals surface area contributed by atoms with E-state index in [0.29, 0.717) is 11.3 Å². The van der Waals surface area contributed by atoms with Crippen LogP contribution in [0.15, 0.2) is 58.6 Å². The van der Waals surface area contributed by atoms with Crippen LogP contribution in [0.5, 0.6) is 5.75 Å². The fraction of sp³-hybridized carbons (Fsp3) is 0. The number of imide groups is 2. The maximum atomic E-state index is 12.6. The van der Waals surface area contributed by atoms with Gasteiger partial charge in [-0.15, -0.1) is 0 Å². The first-order chi connectivity index (χ1) is 11.5. The number of benzene rings is 2. The van der Waals surface area contributed by atoms with Gasteiger partial charge in [0.05, 0.1) is 5.69 Å². The van der Waals surface area contributed by atoms with Gasteiger partial charge in [-0.1, -0.05) is 28.1 Å². The molecule has 0 saturated carbocycles. The Balaban J connectivity index is 1.99. The number of hydrogen-bond acceptors (Lipinski definition) is 4. The Morgan fingerprint density at radius 3 is 2.21 bits per heavy atom. The molecule has 0 atom stereocenters. The Morgan fingerprint density at radius 2 is 1.58 bits per heavy atom. The Hall–Kier alpha value is -2.93. The smallest absolute Gasteiger partial charge is 0.335 e. The molecule has 3 rings (SSSR count). The number of carbonyl (C=O) groups excluding carboxylic acids is 3. The minimum absolute atomic E-state index is 0.0724. The Kier molecular flexibility index (Phi) is 4.18. The van der Waals surface area contributed by atoms with Crippen LogP contribution in [0, 0.1) is 0 Å². The van der Waals surface area contributed by atoms with Crippen LogP contribution in [0.25, 0.3) is 6.08 Å². The number of aromatic hydroxyl groups is 1. The van der Waals surface area contributed by atoms with Crippen LogP contribution in [-0.4, -0.2) is 23.0 Å². The zero-order valence-electron chi connectivity index (χ0n) is 12.2. The highest BCUT2D eigenvalue weighted by atomic mass is 79.9. The van der Waals surface area contributed by atoms with Gasteiger partial charge in [-0.05, 0) is 48.0 Å². The molecular formula is C17H11BrN2O4. The Morgan fingerprint density at radius 1 is 0.958 bits per heavy atom. The fourth-order valence-electron chi connectivity index (χ4n) is 2.22. The molecule has 0 unspecified atom stereocenters. The lowest BCUT2D eigenvalue weighted by molar-refractivity contribution is -0.122. The number of barbiturate groups is 1. The van der Waals surface area contributed by atoms with Crippen molar-refractivity contribution in [3.8, 4) is 5.75 Å². The lowest BCUT2D eigenvalue weighted by Crippen LogP contribution is -2.54. The first-order valence-corrected chi connectivity index (χ1v) is 7.71. The van der Waals surface area contributed by atoms with E-state index in [9.17, 15) is 19.5 Å². The van der Waals surface area contributed by atoms with Crippen molar-refractivity contribution in [2.45, 2.75) is 0 Å². The molecule has 7 heteroatoms. The van der Waals surface area contributed by atoms with Gasteiger partial charge in [0.2, 0.25) is 0 Å². The second-order valence-electron chi connectivity index (χ2n) is 5.03. The van der Waals surface area contributed by atoms with E-state index in [0.717, 1.165) is 9.37 Å². The van der Waals surface area contributed by atoms with E-state index in [1.54, 1.807) is 36.4 Å². The summed E-state index contributed by atoms with van der Waals surface area (Å²) in [4.78, 5) is 37.6. The molecular weight excluding hydrogens is 376 g/mol. The van der Waals surface area contributed by atoms with Crippen LogP contribution in [-0.2, 0) is 9.59 Å². The van der Waals surface area contributed by atoms with Crippen molar-refractivity contribution >= 4 is 45.5 Å². The molecule has 4 amide bonds. The standard InChI is InChI=1S/C17H11BrN2O4/c18-11-3-5-12(6-4-11)20-16(23)14(15(22)19-17(20)24)9-10-1-7-13(21)8-2-10/h1-9,21H,(H,19,22,24).